The van der Waals surface area contributed by atoms with Crippen LogP contribution in [0.15, 0.2) is 42.0 Å². The Labute approximate surface area is 154 Å². The molecule has 0 heterocycles. The lowest BCUT2D eigenvalue weighted by atomic mass is 9.83. The minimum absolute atomic E-state index is 0.430. The van der Waals surface area contributed by atoms with E-state index in [1.807, 2.05) is 0 Å². The van der Waals surface area contributed by atoms with Crippen molar-refractivity contribution in [2.45, 2.75) is 71.9 Å². The van der Waals surface area contributed by atoms with E-state index < -0.39 is 0 Å². The maximum absolute atomic E-state index is 5.71. The molecule has 1 unspecified atom stereocenters. The Kier molecular flexibility index (Phi) is 7.31. The van der Waals surface area contributed by atoms with Gasteiger partial charge in [-0.2, -0.15) is 0 Å². The fraction of sp³-hybridized carbons (Fsp3) is 0.565. The van der Waals surface area contributed by atoms with Crippen molar-refractivity contribution in [2.75, 3.05) is 13.7 Å². The van der Waals surface area contributed by atoms with E-state index in [0.29, 0.717) is 18.0 Å². The molecule has 2 nitrogen and oxygen atoms in total. The summed E-state index contributed by atoms with van der Waals surface area (Å²) in [5, 5.41) is 0. The van der Waals surface area contributed by atoms with Gasteiger partial charge in [0.05, 0.1) is 7.11 Å². The van der Waals surface area contributed by atoms with Crippen molar-refractivity contribution in [3.63, 3.8) is 0 Å². The molecule has 1 aliphatic carbocycles. The maximum Gasteiger partial charge on any atom is 0.122 e. The third-order valence-electron chi connectivity index (χ3n) is 5.26. The molecule has 1 aliphatic rings. The smallest absolute Gasteiger partial charge is 0.122 e. The molecular formula is C23H35NO. The summed E-state index contributed by atoms with van der Waals surface area (Å²) in [6, 6.07) is 7.72. The van der Waals surface area contributed by atoms with Crippen LogP contribution in [0, 0.1) is 6.92 Å². The summed E-state index contributed by atoms with van der Waals surface area (Å²) < 4.78 is 5.71. The fourth-order valence-corrected chi connectivity index (χ4v) is 3.97. The fourth-order valence-electron chi connectivity index (χ4n) is 3.97. The van der Waals surface area contributed by atoms with E-state index in [2.05, 4.69) is 75.9 Å². The molecule has 0 radical (unpaired) electrons. The van der Waals surface area contributed by atoms with Gasteiger partial charge in [0.1, 0.15) is 5.75 Å². The number of hydrogen-bond acceptors (Lipinski definition) is 2. The minimum atomic E-state index is 0.430. The molecule has 0 saturated heterocycles. The van der Waals surface area contributed by atoms with Crippen LogP contribution in [-0.2, 0) is 0 Å². The van der Waals surface area contributed by atoms with Gasteiger partial charge in [0.25, 0.3) is 0 Å². The highest BCUT2D eigenvalue weighted by Crippen LogP contribution is 2.38. The zero-order valence-electron chi connectivity index (χ0n) is 16.9. The van der Waals surface area contributed by atoms with Gasteiger partial charge in [-0.1, -0.05) is 41.5 Å². The highest BCUT2D eigenvalue weighted by atomic mass is 16.5. The normalized spacial score (nSPS) is 15.8. The Morgan fingerprint density at radius 2 is 1.84 bits per heavy atom. The molecule has 0 bridgehead atoms. The molecule has 0 fully saturated rings. The summed E-state index contributed by atoms with van der Waals surface area (Å²) >= 11 is 0. The molecule has 0 spiro atoms. The minimum Gasteiger partial charge on any atom is -0.496 e. The number of benzene rings is 1. The molecule has 1 atom stereocenters. The third-order valence-corrected chi connectivity index (χ3v) is 5.26. The van der Waals surface area contributed by atoms with Gasteiger partial charge in [0.2, 0.25) is 0 Å². The van der Waals surface area contributed by atoms with Crippen LogP contribution in [0.4, 0.5) is 0 Å². The molecule has 0 saturated carbocycles. The monoisotopic (exact) mass is 341 g/mol. The molecule has 25 heavy (non-hydrogen) atoms. The summed E-state index contributed by atoms with van der Waals surface area (Å²) in [5.41, 5.74) is 4.19. The Bertz CT molecular complexity index is 605. The SMILES string of the molecule is COc1ccc(C)cc1C(CCN(C(C)C)C(C)C)C1=CC=CCC1. The highest BCUT2D eigenvalue weighted by molar-refractivity contribution is 5.44. The van der Waals surface area contributed by atoms with E-state index in [1.54, 1.807) is 12.7 Å². The van der Waals surface area contributed by atoms with Crippen LogP contribution in [0.25, 0.3) is 0 Å². The number of ether oxygens (including phenoxy) is 1. The van der Waals surface area contributed by atoms with Crippen molar-refractivity contribution in [2.24, 2.45) is 0 Å². The van der Waals surface area contributed by atoms with Crippen LogP contribution in [0.2, 0.25) is 0 Å². The molecular weight excluding hydrogens is 306 g/mol. The van der Waals surface area contributed by atoms with E-state index in [9.17, 15) is 0 Å². The second-order valence-corrected chi connectivity index (χ2v) is 7.72. The second-order valence-electron chi connectivity index (χ2n) is 7.72. The first-order valence-electron chi connectivity index (χ1n) is 9.70. The number of rotatable bonds is 8. The van der Waals surface area contributed by atoms with Gasteiger partial charge in [-0.25, -0.2) is 0 Å². The molecule has 2 rings (SSSR count). The van der Waals surface area contributed by atoms with E-state index in [1.165, 1.54) is 11.1 Å². The standard InChI is InChI=1S/C23H35NO/c1-17(2)24(18(3)4)15-14-21(20-10-8-7-9-11-20)22-16-19(5)12-13-23(22)25-6/h7-8,10,12-13,16-18,21H,9,11,14-15H2,1-6H3. The Hall–Kier alpha value is -1.54. The molecule has 1 aromatic rings. The van der Waals surface area contributed by atoms with Crippen LogP contribution >= 0.6 is 0 Å². The molecule has 1 aromatic carbocycles. The van der Waals surface area contributed by atoms with Crippen molar-refractivity contribution in [1.29, 1.82) is 0 Å². The van der Waals surface area contributed by atoms with E-state index in [4.69, 9.17) is 4.74 Å². The molecule has 0 aliphatic heterocycles. The molecule has 0 N–H and O–H groups in total. The molecule has 138 valence electrons. The van der Waals surface area contributed by atoms with Crippen LogP contribution in [-0.4, -0.2) is 30.6 Å². The Balaban J connectivity index is 2.33. The van der Waals surface area contributed by atoms with Crippen molar-refractivity contribution in [3.8, 4) is 5.75 Å². The first kappa shape index (κ1) is 19.8. The quantitative estimate of drug-likeness (QED) is 0.586. The predicted octanol–water partition coefficient (Wildman–Crippen LogP) is 5.87. The van der Waals surface area contributed by atoms with Crippen molar-refractivity contribution in [3.05, 3.63) is 53.1 Å². The first-order valence-corrected chi connectivity index (χ1v) is 9.70. The third kappa shape index (κ3) is 5.22. The van der Waals surface area contributed by atoms with Gasteiger partial charge in [-0.15, -0.1) is 0 Å². The average Bonchev–Trinajstić information content (AvgIpc) is 2.59. The lowest BCUT2D eigenvalue weighted by molar-refractivity contribution is 0.170. The van der Waals surface area contributed by atoms with Gasteiger partial charge in [0, 0.05) is 23.6 Å². The van der Waals surface area contributed by atoms with Gasteiger partial charge < -0.3 is 4.74 Å². The predicted molar refractivity (Wildman–Crippen MR) is 109 cm³/mol. The molecule has 0 amide bonds. The Morgan fingerprint density at radius 3 is 2.40 bits per heavy atom. The van der Waals surface area contributed by atoms with E-state index >= 15 is 0 Å². The zero-order valence-corrected chi connectivity index (χ0v) is 16.9. The topological polar surface area (TPSA) is 12.5 Å². The highest BCUT2D eigenvalue weighted by Gasteiger charge is 2.23. The van der Waals surface area contributed by atoms with Gasteiger partial charge in [-0.3, -0.25) is 4.90 Å². The largest absolute Gasteiger partial charge is 0.496 e. The number of nitrogens with zero attached hydrogens (tertiary/aromatic N) is 1. The number of allylic oxidation sites excluding steroid dienone is 4. The van der Waals surface area contributed by atoms with E-state index in [-0.39, 0.29) is 0 Å². The van der Waals surface area contributed by atoms with Crippen LogP contribution < -0.4 is 4.74 Å². The van der Waals surface area contributed by atoms with Crippen LogP contribution in [0.5, 0.6) is 5.75 Å². The van der Waals surface area contributed by atoms with Crippen molar-refractivity contribution in [1.82, 2.24) is 4.90 Å². The van der Waals surface area contributed by atoms with Gasteiger partial charge in [0.15, 0.2) is 0 Å². The van der Waals surface area contributed by atoms with E-state index in [0.717, 1.165) is 31.6 Å². The summed E-state index contributed by atoms with van der Waals surface area (Å²) in [7, 11) is 1.79. The average molecular weight is 342 g/mol. The van der Waals surface area contributed by atoms with Gasteiger partial charge in [-0.05, 0) is 66.5 Å². The molecule has 2 heteroatoms. The summed E-state index contributed by atoms with van der Waals surface area (Å²) in [6.45, 7) is 12.5. The first-order chi connectivity index (χ1) is 11.9. The summed E-state index contributed by atoms with van der Waals surface area (Å²) in [5.74, 6) is 1.45. The maximum atomic E-state index is 5.71. The van der Waals surface area contributed by atoms with Gasteiger partial charge >= 0.3 is 0 Å². The lowest BCUT2D eigenvalue weighted by Gasteiger charge is -2.33. The van der Waals surface area contributed by atoms with Crippen molar-refractivity contribution >= 4 is 0 Å². The number of methoxy groups -OCH3 is 1. The van der Waals surface area contributed by atoms with Crippen LogP contribution in [0.3, 0.4) is 0 Å². The second kappa shape index (κ2) is 9.24. The molecule has 0 aromatic heterocycles. The van der Waals surface area contributed by atoms with Crippen molar-refractivity contribution < 1.29 is 4.74 Å². The number of hydrogen-bond donors (Lipinski definition) is 0. The number of aryl methyl sites for hydroxylation is 1. The summed E-state index contributed by atoms with van der Waals surface area (Å²) in [4.78, 5) is 2.59. The van der Waals surface area contributed by atoms with Crippen LogP contribution in [0.1, 0.15) is 64.0 Å². The lowest BCUT2D eigenvalue weighted by Crippen LogP contribution is -2.38. The zero-order chi connectivity index (χ0) is 18.4. The summed E-state index contributed by atoms with van der Waals surface area (Å²) in [6.07, 6.45) is 10.2. The Morgan fingerprint density at radius 1 is 1.12 bits per heavy atom.